The zero-order valence-corrected chi connectivity index (χ0v) is 18.3. The first-order chi connectivity index (χ1) is 16.6. The van der Waals surface area contributed by atoms with E-state index < -0.39 is 10.5 Å². The molecule has 3 aromatic carbocycles. The molecule has 5 aromatic rings. The Kier molecular flexibility index (Phi) is 5.63. The number of aromatic nitrogens is 3. The minimum Gasteiger partial charge on any atom is -0.286 e. The fourth-order valence-electron chi connectivity index (χ4n) is 3.32. The highest BCUT2D eigenvalue weighted by molar-refractivity contribution is 7.12. The largest absolute Gasteiger partial charge is 0.301 e. The third-order valence-corrected chi connectivity index (χ3v) is 5.83. The van der Waals surface area contributed by atoms with Crippen LogP contribution in [-0.2, 0) is 0 Å². The van der Waals surface area contributed by atoms with E-state index in [4.69, 9.17) is 0 Å². The number of benzene rings is 3. The van der Waals surface area contributed by atoms with Gasteiger partial charge >= 0.3 is 5.56 Å². The number of non-ortho nitro benzene ring substituents is 1. The molecule has 0 atom stereocenters. The molecule has 0 aliphatic rings. The zero-order valence-electron chi connectivity index (χ0n) is 17.5. The van der Waals surface area contributed by atoms with E-state index in [-0.39, 0.29) is 11.4 Å². The quantitative estimate of drug-likeness (QED) is 0.179. The Hall–Kier alpha value is -4.70. The van der Waals surface area contributed by atoms with Gasteiger partial charge in [0.1, 0.15) is 0 Å². The third-order valence-electron chi connectivity index (χ3n) is 5.01. The van der Waals surface area contributed by atoms with Crippen molar-refractivity contribution in [3.05, 3.63) is 111 Å². The molecule has 0 unspecified atom stereocenters. The van der Waals surface area contributed by atoms with Crippen molar-refractivity contribution >= 4 is 28.4 Å². The van der Waals surface area contributed by atoms with Crippen LogP contribution in [0.15, 0.2) is 105 Å². The maximum Gasteiger partial charge on any atom is 0.301 e. The van der Waals surface area contributed by atoms with Gasteiger partial charge in [-0.15, -0.1) is 16.5 Å². The molecular weight excluding hydrogens is 452 g/mol. The Morgan fingerprint density at radius 1 is 0.882 bits per heavy atom. The number of nitro benzene ring substituents is 1. The Balaban J connectivity index is 1.61. The molecule has 9 nitrogen and oxygen atoms in total. The van der Waals surface area contributed by atoms with E-state index in [2.05, 4.69) is 20.3 Å². The minimum atomic E-state index is -0.478. The van der Waals surface area contributed by atoms with Gasteiger partial charge in [-0.1, -0.05) is 48.5 Å². The highest BCUT2D eigenvalue weighted by Crippen LogP contribution is 2.31. The van der Waals surface area contributed by atoms with Crippen LogP contribution in [0.2, 0.25) is 0 Å². The summed E-state index contributed by atoms with van der Waals surface area (Å²) in [5.41, 5.74) is 2.81. The predicted molar refractivity (Wildman–Crippen MR) is 130 cm³/mol. The lowest BCUT2D eigenvalue weighted by molar-refractivity contribution is -0.384. The number of azo groups is 1. The summed E-state index contributed by atoms with van der Waals surface area (Å²) >= 11 is 1.31. The maximum absolute atomic E-state index is 13.3. The summed E-state index contributed by atoms with van der Waals surface area (Å²) in [6.07, 6.45) is 0. The van der Waals surface area contributed by atoms with Crippen LogP contribution in [0.4, 0.5) is 17.1 Å². The van der Waals surface area contributed by atoms with Gasteiger partial charge in [0.2, 0.25) is 5.13 Å². The topological polar surface area (TPSA) is 119 Å². The highest BCUT2D eigenvalue weighted by Gasteiger charge is 2.20. The van der Waals surface area contributed by atoms with Gasteiger partial charge in [-0.05, 0) is 24.3 Å². The smallest absolute Gasteiger partial charge is 0.286 e. The highest BCUT2D eigenvalue weighted by atomic mass is 32.1. The lowest BCUT2D eigenvalue weighted by Gasteiger charge is -2.00. The van der Waals surface area contributed by atoms with E-state index in [1.165, 1.54) is 28.2 Å². The van der Waals surface area contributed by atoms with Crippen molar-refractivity contribution in [3.63, 3.8) is 0 Å². The van der Waals surface area contributed by atoms with Gasteiger partial charge < -0.3 is 0 Å². The first-order valence-corrected chi connectivity index (χ1v) is 11.1. The lowest BCUT2D eigenvalue weighted by atomic mass is 10.1. The Morgan fingerprint density at radius 3 is 2.24 bits per heavy atom. The van der Waals surface area contributed by atoms with E-state index >= 15 is 0 Å². The van der Waals surface area contributed by atoms with E-state index in [0.717, 1.165) is 11.3 Å². The monoisotopic (exact) mass is 468 g/mol. The van der Waals surface area contributed by atoms with Crippen LogP contribution in [0.3, 0.4) is 0 Å². The molecule has 0 saturated heterocycles. The van der Waals surface area contributed by atoms with Crippen molar-refractivity contribution in [1.82, 2.24) is 14.8 Å². The zero-order chi connectivity index (χ0) is 23.5. The van der Waals surface area contributed by atoms with Gasteiger partial charge in [0, 0.05) is 28.6 Å². The minimum absolute atomic E-state index is 0.0505. The van der Waals surface area contributed by atoms with Crippen LogP contribution in [0.25, 0.3) is 27.6 Å². The van der Waals surface area contributed by atoms with Crippen molar-refractivity contribution < 1.29 is 4.92 Å². The van der Waals surface area contributed by atoms with E-state index in [1.807, 2.05) is 53.9 Å². The van der Waals surface area contributed by atoms with Gasteiger partial charge in [0.25, 0.3) is 5.69 Å². The summed E-state index contributed by atoms with van der Waals surface area (Å²) in [4.78, 5) is 28.5. The number of hydrogen-bond acceptors (Lipinski definition) is 7. The molecule has 10 heteroatoms. The molecule has 0 aliphatic carbocycles. The number of aromatic amines is 1. The van der Waals surface area contributed by atoms with Crippen LogP contribution >= 0.6 is 11.3 Å². The number of nitrogens with one attached hydrogen (secondary N) is 1. The molecule has 2 heterocycles. The number of thiazole rings is 1. The summed E-state index contributed by atoms with van der Waals surface area (Å²) < 4.78 is 1.31. The number of nitro groups is 1. The second-order valence-corrected chi connectivity index (χ2v) is 8.03. The standard InChI is InChI=1S/C24H16N6O3S/c31-23-22(27-26-18-9-5-2-6-10-18)21(17-11-13-19(14-12-17)30(32)33)28-29(23)24-25-20(15-34-24)16-7-3-1-4-8-16/h1-15,28H. The summed E-state index contributed by atoms with van der Waals surface area (Å²) in [5, 5.41) is 24.8. The molecule has 1 N–H and O–H groups in total. The maximum atomic E-state index is 13.3. The van der Waals surface area contributed by atoms with Gasteiger partial charge in [-0.25, -0.2) is 4.98 Å². The van der Waals surface area contributed by atoms with Crippen molar-refractivity contribution in [2.24, 2.45) is 10.2 Å². The number of hydrogen-bond donors (Lipinski definition) is 1. The van der Waals surface area contributed by atoms with Crippen LogP contribution in [0.1, 0.15) is 0 Å². The molecule has 0 fully saturated rings. The molecule has 0 bridgehead atoms. The van der Waals surface area contributed by atoms with Crippen molar-refractivity contribution in [3.8, 4) is 27.6 Å². The molecule has 5 rings (SSSR count). The first kappa shape index (κ1) is 21.2. The summed E-state index contributed by atoms with van der Waals surface area (Å²) in [5.74, 6) is 0. The Bertz CT molecular complexity index is 1540. The van der Waals surface area contributed by atoms with Crippen LogP contribution in [-0.4, -0.2) is 19.7 Å². The summed E-state index contributed by atoms with van der Waals surface area (Å²) in [7, 11) is 0. The van der Waals surface area contributed by atoms with E-state index in [0.29, 0.717) is 22.1 Å². The first-order valence-electron chi connectivity index (χ1n) is 10.2. The molecule has 34 heavy (non-hydrogen) atoms. The average Bonchev–Trinajstić information content (AvgIpc) is 3.49. The molecule has 2 aromatic heterocycles. The fraction of sp³-hybridized carbons (Fsp3) is 0. The SMILES string of the molecule is O=c1c(N=Nc2ccccc2)c(-c2ccc([N+](=O)[O-])cc2)[nH]n1-c1nc(-c2ccccc2)cs1. The number of rotatable bonds is 6. The Labute approximate surface area is 196 Å². The second kappa shape index (κ2) is 9.04. The molecule has 0 saturated carbocycles. The van der Waals surface area contributed by atoms with E-state index in [9.17, 15) is 14.9 Å². The van der Waals surface area contributed by atoms with Crippen molar-refractivity contribution in [2.45, 2.75) is 0 Å². The van der Waals surface area contributed by atoms with Crippen molar-refractivity contribution in [2.75, 3.05) is 0 Å². The van der Waals surface area contributed by atoms with E-state index in [1.54, 1.807) is 24.3 Å². The molecule has 166 valence electrons. The molecule has 0 amide bonds. The summed E-state index contributed by atoms with van der Waals surface area (Å²) in [6, 6.07) is 24.6. The van der Waals surface area contributed by atoms with Gasteiger partial charge in [-0.3, -0.25) is 20.0 Å². The molecule has 0 spiro atoms. The van der Waals surface area contributed by atoms with Crippen LogP contribution < -0.4 is 5.56 Å². The number of nitrogens with zero attached hydrogens (tertiary/aromatic N) is 5. The normalized spacial score (nSPS) is 11.2. The Morgan fingerprint density at radius 2 is 1.56 bits per heavy atom. The molecule has 0 aliphatic heterocycles. The van der Waals surface area contributed by atoms with Crippen LogP contribution in [0, 0.1) is 10.1 Å². The lowest BCUT2D eigenvalue weighted by Crippen LogP contribution is -2.13. The predicted octanol–water partition coefficient (Wildman–Crippen LogP) is 6.28. The molecular formula is C24H16N6O3S. The van der Waals surface area contributed by atoms with Gasteiger partial charge in [0.05, 0.1) is 22.0 Å². The number of H-pyrrole nitrogens is 1. The average molecular weight is 468 g/mol. The fourth-order valence-corrected chi connectivity index (χ4v) is 4.11. The summed E-state index contributed by atoms with van der Waals surface area (Å²) in [6.45, 7) is 0. The second-order valence-electron chi connectivity index (χ2n) is 7.20. The van der Waals surface area contributed by atoms with Gasteiger partial charge in [-0.2, -0.15) is 9.80 Å². The third kappa shape index (κ3) is 4.17. The van der Waals surface area contributed by atoms with Crippen molar-refractivity contribution in [1.29, 1.82) is 0 Å². The van der Waals surface area contributed by atoms with Crippen LogP contribution in [0.5, 0.6) is 0 Å². The van der Waals surface area contributed by atoms with Gasteiger partial charge in [0.15, 0.2) is 5.69 Å². The molecule has 0 radical (unpaired) electrons.